The highest BCUT2D eigenvalue weighted by atomic mass is 35.7. The second-order valence-electron chi connectivity index (χ2n) is 8.86. The zero-order chi connectivity index (χ0) is 28.5. The number of amides is 1. The van der Waals surface area contributed by atoms with Crippen LogP contribution in [0.15, 0.2) is 46.2 Å². The van der Waals surface area contributed by atoms with Crippen LogP contribution in [0.1, 0.15) is 24.8 Å². The fourth-order valence-corrected chi connectivity index (χ4v) is 5.76. The fraction of sp³-hybridized carbons (Fsp3) is 0.364. The normalized spacial score (nSPS) is 15.5. The number of sulfonamides is 1. The van der Waals surface area contributed by atoms with E-state index in [1.165, 1.54) is 34.8 Å². The molecule has 1 saturated heterocycles. The lowest BCUT2D eigenvalue weighted by atomic mass is 10.1. The van der Waals surface area contributed by atoms with Crippen molar-refractivity contribution in [3.05, 3.63) is 52.4 Å². The molecule has 3 aromatic rings. The number of carbonyl (C=O) groups excluding carboxylic acids is 1. The Balaban J connectivity index is 1.59. The number of piperidine rings is 1. The average Bonchev–Trinajstić information content (AvgIpc) is 2.85. The third-order valence-corrected chi connectivity index (χ3v) is 8.74. The largest absolute Gasteiger partial charge is 0.351 e. The van der Waals surface area contributed by atoms with Crippen LogP contribution in [0.3, 0.4) is 0 Å². The summed E-state index contributed by atoms with van der Waals surface area (Å²) in [4.78, 5) is 33.9. The van der Waals surface area contributed by atoms with E-state index in [1.54, 1.807) is 0 Å². The predicted molar refractivity (Wildman–Crippen MR) is 140 cm³/mol. The quantitative estimate of drug-likeness (QED) is 0.367. The van der Waals surface area contributed by atoms with Gasteiger partial charge in [-0.25, -0.2) is 34.9 Å². The summed E-state index contributed by atoms with van der Waals surface area (Å²) < 4.78 is 75.6. The molecule has 0 radical (unpaired) electrons. The van der Waals surface area contributed by atoms with Crippen molar-refractivity contribution in [2.24, 2.45) is 0 Å². The molecule has 0 unspecified atom stereocenters. The summed E-state index contributed by atoms with van der Waals surface area (Å²) >= 11 is 0. The molecule has 1 aliphatic heterocycles. The third-order valence-electron chi connectivity index (χ3n) is 6.07. The van der Waals surface area contributed by atoms with Crippen LogP contribution in [-0.4, -0.2) is 67.0 Å². The van der Waals surface area contributed by atoms with Gasteiger partial charge < -0.3 is 10.6 Å². The minimum Gasteiger partial charge on any atom is -0.351 e. The Kier molecular flexibility index (Phi) is 8.20. The highest BCUT2D eigenvalue weighted by Gasteiger charge is 2.26. The van der Waals surface area contributed by atoms with Crippen LogP contribution in [0.25, 0.3) is 11.0 Å². The molecular formula is C22H23ClF2N6O6S2. The first-order valence-corrected chi connectivity index (χ1v) is 15.6. The lowest BCUT2D eigenvalue weighted by molar-refractivity contribution is -0.116. The van der Waals surface area contributed by atoms with Crippen LogP contribution in [0.4, 0.5) is 20.4 Å². The first-order valence-electron chi connectivity index (χ1n) is 11.5. The van der Waals surface area contributed by atoms with Gasteiger partial charge in [0.05, 0.1) is 16.7 Å². The summed E-state index contributed by atoms with van der Waals surface area (Å²) in [5, 5.41) is 5.64. The van der Waals surface area contributed by atoms with Crippen molar-refractivity contribution < 1.29 is 30.4 Å². The van der Waals surface area contributed by atoms with Gasteiger partial charge in [0.25, 0.3) is 21.0 Å². The molecule has 3 heterocycles. The SMILES string of the molecule is CS(=O)(=O)N1CCC(Nc2ncc3cc(C(F)F)c(=O)n(CC(=O)Nc4ccc(S(=O)(=O)Cl)cc4)c3n2)CC1. The van der Waals surface area contributed by atoms with E-state index in [9.17, 15) is 35.2 Å². The van der Waals surface area contributed by atoms with Crippen molar-refractivity contribution in [3.63, 3.8) is 0 Å². The molecule has 39 heavy (non-hydrogen) atoms. The van der Waals surface area contributed by atoms with Crippen LogP contribution < -0.4 is 16.2 Å². The Hall–Kier alpha value is -3.21. The van der Waals surface area contributed by atoms with E-state index >= 15 is 0 Å². The second kappa shape index (κ2) is 11.1. The summed E-state index contributed by atoms with van der Waals surface area (Å²) in [6.45, 7) is -0.0797. The van der Waals surface area contributed by atoms with E-state index in [0.29, 0.717) is 25.9 Å². The number of rotatable bonds is 8. The van der Waals surface area contributed by atoms with E-state index in [1.807, 2.05) is 0 Å². The van der Waals surface area contributed by atoms with Crippen LogP contribution in [0.5, 0.6) is 0 Å². The van der Waals surface area contributed by atoms with Gasteiger partial charge >= 0.3 is 0 Å². The minimum absolute atomic E-state index is 0.0609. The number of fused-ring (bicyclic) bond motifs is 1. The molecule has 1 fully saturated rings. The maximum Gasteiger partial charge on any atom is 0.269 e. The molecule has 0 atom stereocenters. The Labute approximate surface area is 226 Å². The lowest BCUT2D eigenvalue weighted by Crippen LogP contribution is -2.42. The number of pyridine rings is 1. The molecule has 0 bridgehead atoms. The molecule has 0 saturated carbocycles. The first-order chi connectivity index (χ1) is 18.2. The summed E-state index contributed by atoms with van der Waals surface area (Å²) in [7, 11) is -2.00. The van der Waals surface area contributed by atoms with E-state index in [0.717, 1.165) is 16.9 Å². The number of halogens is 3. The Morgan fingerprint density at radius 1 is 1.15 bits per heavy atom. The molecular weight excluding hydrogens is 582 g/mol. The molecule has 1 aromatic carbocycles. The van der Waals surface area contributed by atoms with Gasteiger partial charge in [-0.05, 0) is 43.2 Å². The summed E-state index contributed by atoms with van der Waals surface area (Å²) in [5.41, 5.74) is -1.81. The van der Waals surface area contributed by atoms with Crippen molar-refractivity contribution in [3.8, 4) is 0 Å². The topological polar surface area (TPSA) is 160 Å². The summed E-state index contributed by atoms with van der Waals surface area (Å²) in [6, 6.07) is 5.69. The number of hydrogen-bond acceptors (Lipinski definition) is 9. The molecule has 4 rings (SSSR count). The molecule has 17 heteroatoms. The van der Waals surface area contributed by atoms with Gasteiger partial charge in [-0.3, -0.25) is 14.2 Å². The highest BCUT2D eigenvalue weighted by Crippen LogP contribution is 2.22. The van der Waals surface area contributed by atoms with Gasteiger partial charge in [0, 0.05) is 47.1 Å². The number of anilines is 2. The predicted octanol–water partition coefficient (Wildman–Crippen LogP) is 2.13. The zero-order valence-corrected chi connectivity index (χ0v) is 22.7. The van der Waals surface area contributed by atoms with E-state index < -0.39 is 49.1 Å². The van der Waals surface area contributed by atoms with Crippen molar-refractivity contribution in [1.82, 2.24) is 18.8 Å². The van der Waals surface area contributed by atoms with Crippen molar-refractivity contribution >= 4 is 58.3 Å². The zero-order valence-electron chi connectivity index (χ0n) is 20.3. The Morgan fingerprint density at radius 3 is 2.36 bits per heavy atom. The van der Waals surface area contributed by atoms with Crippen LogP contribution in [-0.2, 0) is 30.4 Å². The fourth-order valence-electron chi connectivity index (χ4n) is 4.11. The smallest absolute Gasteiger partial charge is 0.269 e. The first kappa shape index (κ1) is 28.8. The second-order valence-corrected chi connectivity index (χ2v) is 13.4. The van der Waals surface area contributed by atoms with Crippen LogP contribution in [0.2, 0.25) is 0 Å². The molecule has 210 valence electrons. The van der Waals surface area contributed by atoms with Crippen molar-refractivity contribution in [2.45, 2.75) is 36.7 Å². The molecule has 12 nitrogen and oxygen atoms in total. The van der Waals surface area contributed by atoms with Gasteiger partial charge in [0.2, 0.25) is 21.9 Å². The molecule has 2 N–H and O–H groups in total. The van der Waals surface area contributed by atoms with Gasteiger partial charge in [0.15, 0.2) is 0 Å². The average molecular weight is 605 g/mol. The highest BCUT2D eigenvalue weighted by molar-refractivity contribution is 8.13. The Morgan fingerprint density at radius 2 is 1.79 bits per heavy atom. The molecule has 0 spiro atoms. The van der Waals surface area contributed by atoms with Gasteiger partial charge in [-0.1, -0.05) is 0 Å². The standard InChI is InChI=1S/C22H23ClF2N6O6S2/c1-38(34,35)30-8-6-15(7-9-30)28-22-26-11-13-10-17(19(24)25)21(33)31(20(13)29-22)12-18(32)27-14-2-4-16(5-3-14)39(23,36)37/h2-5,10-11,15,19H,6-9,12H2,1H3,(H,27,32)(H,26,28,29). The van der Waals surface area contributed by atoms with E-state index in [4.69, 9.17) is 10.7 Å². The molecule has 0 aliphatic carbocycles. The van der Waals surface area contributed by atoms with Crippen molar-refractivity contribution in [2.75, 3.05) is 30.0 Å². The lowest BCUT2D eigenvalue weighted by Gasteiger charge is -2.30. The summed E-state index contributed by atoms with van der Waals surface area (Å²) in [6.07, 6.45) is 0.214. The number of nitrogens with one attached hydrogen (secondary N) is 2. The monoisotopic (exact) mass is 604 g/mol. The molecule has 1 amide bonds. The van der Waals surface area contributed by atoms with Gasteiger partial charge in [-0.15, -0.1) is 0 Å². The summed E-state index contributed by atoms with van der Waals surface area (Å²) in [5.74, 6) is -0.677. The number of carbonyl (C=O) groups is 1. The van der Waals surface area contributed by atoms with Crippen LogP contribution in [0, 0.1) is 0 Å². The maximum absolute atomic E-state index is 13.6. The number of aromatic nitrogens is 3. The van der Waals surface area contributed by atoms with Crippen LogP contribution >= 0.6 is 10.7 Å². The third kappa shape index (κ3) is 6.87. The maximum atomic E-state index is 13.6. The number of nitrogens with zero attached hydrogens (tertiary/aromatic N) is 4. The minimum atomic E-state index is -3.97. The van der Waals surface area contributed by atoms with E-state index in [2.05, 4.69) is 20.6 Å². The van der Waals surface area contributed by atoms with Gasteiger partial charge in [0.1, 0.15) is 12.2 Å². The van der Waals surface area contributed by atoms with Crippen molar-refractivity contribution in [1.29, 1.82) is 0 Å². The number of hydrogen-bond donors (Lipinski definition) is 2. The Bertz CT molecular complexity index is 1680. The van der Waals surface area contributed by atoms with E-state index in [-0.39, 0.29) is 33.6 Å². The molecule has 2 aromatic heterocycles. The molecule has 1 aliphatic rings. The van der Waals surface area contributed by atoms with Gasteiger partial charge in [-0.2, -0.15) is 4.98 Å². The number of alkyl halides is 2. The number of benzene rings is 1.